The highest BCUT2D eigenvalue weighted by Crippen LogP contribution is 2.39. The molecule has 2 aromatic rings. The number of benzene rings is 2. The summed E-state index contributed by atoms with van der Waals surface area (Å²) in [6.07, 6.45) is -1.24. The van der Waals surface area contributed by atoms with Gasteiger partial charge in [0.05, 0.1) is 6.04 Å². The molecule has 0 radical (unpaired) electrons. The van der Waals surface area contributed by atoms with E-state index in [4.69, 9.17) is 9.16 Å². The first-order valence-corrected chi connectivity index (χ1v) is 18.7. The number of rotatable bonds is 14. The SMILES string of the molecule is CC[C@H](C)C(C)(C)C(=O)C(=O)/C(C)=C(\C)C(C)OC(=O)[C@H](O[Si](C)(C)C(C)(C)C)[C@@H](NC(=O)c1ccccc1)c1ccccc1. The summed E-state index contributed by atoms with van der Waals surface area (Å²) in [6, 6.07) is 17.2. The average Bonchev–Trinajstić information content (AvgIpc) is 3.00. The van der Waals surface area contributed by atoms with Crippen LogP contribution in [0.5, 0.6) is 0 Å². The number of ether oxygens (including phenoxy) is 1. The molecule has 0 aliphatic rings. The van der Waals surface area contributed by atoms with E-state index in [1.54, 1.807) is 58.9 Å². The maximum atomic E-state index is 14.2. The Morgan fingerprint density at radius 2 is 1.36 bits per heavy atom. The number of carbonyl (C=O) groups excluding carboxylic acids is 4. The molecule has 4 atom stereocenters. The van der Waals surface area contributed by atoms with Crippen LogP contribution in [-0.2, 0) is 23.5 Å². The number of amides is 1. The van der Waals surface area contributed by atoms with E-state index in [-0.39, 0.29) is 22.4 Å². The second-order valence-electron chi connectivity index (χ2n) is 14.1. The van der Waals surface area contributed by atoms with Gasteiger partial charge in [-0.05, 0) is 68.1 Å². The smallest absolute Gasteiger partial charge is 0.337 e. The summed E-state index contributed by atoms with van der Waals surface area (Å²) >= 11 is 0. The largest absolute Gasteiger partial charge is 0.456 e. The Hall–Kier alpha value is -3.36. The van der Waals surface area contributed by atoms with Gasteiger partial charge in [0, 0.05) is 16.6 Å². The molecule has 0 aromatic heterocycles. The van der Waals surface area contributed by atoms with E-state index in [2.05, 4.69) is 26.1 Å². The number of nitrogens with one attached hydrogen (secondary N) is 1. The minimum absolute atomic E-state index is 0.0200. The minimum Gasteiger partial charge on any atom is -0.456 e. The van der Waals surface area contributed by atoms with E-state index in [9.17, 15) is 19.2 Å². The van der Waals surface area contributed by atoms with Crippen molar-refractivity contribution in [3.05, 3.63) is 82.9 Å². The van der Waals surface area contributed by atoms with Crippen LogP contribution in [-0.4, -0.2) is 44.0 Å². The fourth-order valence-electron chi connectivity index (χ4n) is 4.57. The summed E-state index contributed by atoms with van der Waals surface area (Å²) in [7, 11) is -2.59. The number of Topliss-reactive ketones (excluding diaryl/α,β-unsaturated/α-hetero) is 2. The zero-order valence-corrected chi connectivity index (χ0v) is 30.2. The number of esters is 1. The maximum Gasteiger partial charge on any atom is 0.337 e. The zero-order valence-electron chi connectivity index (χ0n) is 29.2. The molecular weight excluding hydrogens is 582 g/mol. The van der Waals surface area contributed by atoms with Gasteiger partial charge in [0.25, 0.3) is 5.91 Å². The molecule has 0 saturated carbocycles. The maximum absolute atomic E-state index is 14.2. The van der Waals surface area contributed by atoms with Crippen molar-refractivity contribution in [2.45, 2.75) is 112 Å². The quantitative estimate of drug-likeness (QED) is 0.0977. The molecule has 0 aliphatic heterocycles. The minimum atomic E-state index is -2.59. The molecule has 0 spiro atoms. The summed E-state index contributed by atoms with van der Waals surface area (Å²) in [5.74, 6) is -2.03. The molecule has 1 N–H and O–H groups in total. The zero-order chi connectivity index (χ0) is 34.3. The van der Waals surface area contributed by atoms with Crippen LogP contribution in [0.1, 0.15) is 97.6 Å². The van der Waals surface area contributed by atoms with E-state index in [1.807, 2.05) is 63.3 Å². The van der Waals surface area contributed by atoms with Crippen molar-refractivity contribution in [1.82, 2.24) is 5.32 Å². The third-order valence-electron chi connectivity index (χ3n) is 9.71. The average molecular weight is 636 g/mol. The predicted molar refractivity (Wildman–Crippen MR) is 182 cm³/mol. The Morgan fingerprint density at radius 1 is 0.844 bits per heavy atom. The molecule has 8 heteroatoms. The van der Waals surface area contributed by atoms with Gasteiger partial charge in [0.15, 0.2) is 14.4 Å². The third kappa shape index (κ3) is 9.33. The van der Waals surface area contributed by atoms with Gasteiger partial charge in [-0.3, -0.25) is 14.4 Å². The molecular formula is C37H53NO6Si. The predicted octanol–water partition coefficient (Wildman–Crippen LogP) is 8.03. The number of hydrogen-bond acceptors (Lipinski definition) is 6. The molecule has 0 saturated heterocycles. The summed E-state index contributed by atoms with van der Waals surface area (Å²) in [6.45, 7) is 22.8. The Kier molecular flexibility index (Phi) is 12.8. The Labute approximate surface area is 271 Å². The number of hydrogen-bond donors (Lipinski definition) is 1. The van der Waals surface area contributed by atoms with Gasteiger partial charge in [-0.2, -0.15) is 0 Å². The highest BCUT2D eigenvalue weighted by atomic mass is 28.4. The number of carbonyl (C=O) groups is 4. The van der Waals surface area contributed by atoms with E-state index in [1.165, 1.54) is 0 Å². The van der Waals surface area contributed by atoms with Crippen molar-refractivity contribution in [2.75, 3.05) is 0 Å². The third-order valence-corrected chi connectivity index (χ3v) is 14.2. The van der Waals surface area contributed by atoms with Crippen LogP contribution < -0.4 is 5.32 Å². The summed E-state index contributed by atoms with van der Waals surface area (Å²) in [5.41, 5.74) is 1.05. The van der Waals surface area contributed by atoms with Gasteiger partial charge in [-0.25, -0.2) is 4.79 Å². The van der Waals surface area contributed by atoms with Gasteiger partial charge in [0.2, 0.25) is 11.6 Å². The van der Waals surface area contributed by atoms with Gasteiger partial charge in [-0.1, -0.05) is 103 Å². The fourth-order valence-corrected chi connectivity index (χ4v) is 5.79. The second-order valence-corrected chi connectivity index (χ2v) is 18.9. The summed E-state index contributed by atoms with van der Waals surface area (Å²) < 4.78 is 12.8. The van der Waals surface area contributed by atoms with Gasteiger partial charge >= 0.3 is 5.97 Å². The monoisotopic (exact) mass is 635 g/mol. The molecule has 0 bridgehead atoms. The molecule has 1 unspecified atom stereocenters. The lowest BCUT2D eigenvalue weighted by Gasteiger charge is -2.41. The van der Waals surface area contributed by atoms with E-state index < -0.39 is 49.5 Å². The molecule has 0 heterocycles. The Morgan fingerprint density at radius 3 is 1.84 bits per heavy atom. The van der Waals surface area contributed by atoms with Crippen molar-refractivity contribution in [2.24, 2.45) is 11.3 Å². The highest BCUT2D eigenvalue weighted by molar-refractivity contribution is 6.74. The topological polar surface area (TPSA) is 98.8 Å². The number of ketones is 2. The Bertz CT molecular complexity index is 1370. The lowest BCUT2D eigenvalue weighted by molar-refractivity contribution is -0.157. The molecule has 7 nitrogen and oxygen atoms in total. The first-order chi connectivity index (χ1) is 20.8. The van der Waals surface area contributed by atoms with Crippen molar-refractivity contribution in [3.8, 4) is 0 Å². The van der Waals surface area contributed by atoms with Crippen molar-refractivity contribution < 1.29 is 28.3 Å². The second kappa shape index (κ2) is 15.3. The van der Waals surface area contributed by atoms with Crippen LogP contribution in [0, 0.1) is 11.3 Å². The summed E-state index contributed by atoms with van der Waals surface area (Å²) in [5, 5.41) is 2.80. The molecule has 45 heavy (non-hydrogen) atoms. The van der Waals surface area contributed by atoms with Crippen LogP contribution in [0.3, 0.4) is 0 Å². The lowest BCUT2D eigenvalue weighted by atomic mass is 9.73. The normalized spacial score (nSPS) is 15.6. The molecule has 0 aliphatic carbocycles. The fraction of sp³-hybridized carbons (Fsp3) is 0.514. The van der Waals surface area contributed by atoms with E-state index >= 15 is 0 Å². The van der Waals surface area contributed by atoms with Crippen molar-refractivity contribution in [3.63, 3.8) is 0 Å². The molecule has 2 rings (SSSR count). The first-order valence-electron chi connectivity index (χ1n) is 15.8. The van der Waals surface area contributed by atoms with Gasteiger partial charge in [0.1, 0.15) is 6.10 Å². The van der Waals surface area contributed by atoms with Crippen molar-refractivity contribution in [1.29, 1.82) is 0 Å². The van der Waals surface area contributed by atoms with Crippen LogP contribution in [0.4, 0.5) is 0 Å². The van der Waals surface area contributed by atoms with Gasteiger partial charge in [-0.15, -0.1) is 0 Å². The van der Waals surface area contributed by atoms with Crippen LogP contribution in [0.2, 0.25) is 18.1 Å². The van der Waals surface area contributed by atoms with Crippen LogP contribution in [0.15, 0.2) is 71.8 Å². The molecule has 2 aromatic carbocycles. The van der Waals surface area contributed by atoms with Crippen LogP contribution >= 0.6 is 0 Å². The number of allylic oxidation sites excluding steroid dienone is 1. The highest BCUT2D eigenvalue weighted by Gasteiger charge is 2.45. The molecule has 1 amide bonds. The lowest BCUT2D eigenvalue weighted by Crippen LogP contribution is -2.52. The van der Waals surface area contributed by atoms with Crippen molar-refractivity contribution >= 4 is 31.8 Å². The summed E-state index contributed by atoms with van der Waals surface area (Å²) in [4.78, 5) is 54.1. The first kappa shape index (κ1) is 37.8. The van der Waals surface area contributed by atoms with Crippen LogP contribution in [0.25, 0.3) is 0 Å². The molecule has 246 valence electrons. The standard InChI is InChI=1S/C37H53NO6Si/c1-13-24(2)37(9,10)33(40)31(39)26(4)25(3)27(5)43-35(42)32(44-45(11,12)36(6,7)8)30(28-20-16-14-17-21-28)38-34(41)29-22-18-15-19-23-29/h14-24,27,30,32H,13H2,1-12H3,(H,38,41)/b26-25+/t24-,27?,30-,32+/m0/s1. The van der Waals surface area contributed by atoms with E-state index in [0.29, 0.717) is 16.7 Å². The Balaban J connectivity index is 2.53. The van der Waals surface area contributed by atoms with Gasteiger partial charge < -0.3 is 14.5 Å². The van der Waals surface area contributed by atoms with E-state index in [0.717, 1.165) is 6.42 Å². The molecule has 0 fully saturated rings.